The van der Waals surface area contributed by atoms with Gasteiger partial charge < -0.3 is 25.4 Å². The molecule has 28 heavy (non-hydrogen) atoms. The molecule has 2 heterocycles. The first-order valence-corrected chi connectivity index (χ1v) is 9.76. The highest BCUT2D eigenvalue weighted by molar-refractivity contribution is 5.94. The molecule has 0 unspecified atom stereocenters. The molecule has 8 nitrogen and oxygen atoms in total. The second-order valence-corrected chi connectivity index (χ2v) is 6.92. The number of ether oxygens (including phenoxy) is 1. The maximum absolute atomic E-state index is 12.5. The largest absolute Gasteiger partial charge is 0.506 e. The second-order valence-electron chi connectivity index (χ2n) is 6.92. The minimum absolute atomic E-state index is 0.277. The molecule has 3 N–H and O–H groups in total. The normalized spacial score (nSPS) is 20.6. The lowest BCUT2D eigenvalue weighted by Crippen LogP contribution is -2.54. The predicted molar refractivity (Wildman–Crippen MR) is 106 cm³/mol. The Kier molecular flexibility index (Phi) is 6.41. The van der Waals surface area contributed by atoms with E-state index in [-0.39, 0.29) is 23.8 Å². The number of hydrogen-bond donors (Lipinski definition) is 3. The molecule has 2 aliphatic heterocycles. The van der Waals surface area contributed by atoms with Gasteiger partial charge in [0.2, 0.25) is 0 Å². The van der Waals surface area contributed by atoms with Crippen LogP contribution >= 0.6 is 0 Å². The number of nitrogens with zero attached hydrogens (tertiary/aromatic N) is 2. The number of aromatic hydroxyl groups is 1. The Bertz CT molecular complexity index is 756. The Labute approximate surface area is 165 Å². The number of phenols is 1. The van der Waals surface area contributed by atoms with Crippen molar-refractivity contribution >= 4 is 17.7 Å². The molecule has 8 heteroatoms. The Morgan fingerprint density at radius 1 is 1.21 bits per heavy atom. The van der Waals surface area contributed by atoms with Gasteiger partial charge in [-0.1, -0.05) is 19.1 Å². The molecule has 0 saturated carbocycles. The number of amides is 2. The fourth-order valence-electron chi connectivity index (χ4n) is 3.69. The molecule has 0 spiro atoms. The summed E-state index contributed by atoms with van der Waals surface area (Å²) in [6.45, 7) is 7.49. The number of phenolic OH excluding ortho intramolecular Hbond substituents is 1. The first-order valence-electron chi connectivity index (χ1n) is 9.76. The number of rotatable bonds is 6. The lowest BCUT2D eigenvalue weighted by molar-refractivity contribution is -0.139. The third-order valence-electron chi connectivity index (χ3n) is 5.12. The molecule has 1 saturated heterocycles. The number of anilines is 1. The zero-order valence-electron chi connectivity index (χ0n) is 16.4. The number of carbonyl (C=O) groups is 2. The number of carbonyl (C=O) groups excluding carboxylic acids is 2. The fourth-order valence-corrected chi connectivity index (χ4v) is 3.69. The fraction of sp³-hybridized carbons (Fsp3) is 0.500. The van der Waals surface area contributed by atoms with Crippen molar-refractivity contribution in [3.8, 4) is 5.75 Å². The molecule has 1 aromatic carbocycles. The smallest absolute Gasteiger partial charge is 0.337 e. The summed E-state index contributed by atoms with van der Waals surface area (Å²) >= 11 is 0. The standard InChI is InChI=1S/C20H28N4O4/c1-3-14-18(19(26)28-4-2)15(22-20(27)21-14)13-23-9-11-24(12-10-23)16-7-5-6-8-17(16)25/h5-8,14,25H,3-4,9-13H2,1-2H3,(H2,21,22,27)/t14-/m1/s1. The summed E-state index contributed by atoms with van der Waals surface area (Å²) in [7, 11) is 0. The van der Waals surface area contributed by atoms with Gasteiger partial charge in [-0.05, 0) is 25.5 Å². The second kappa shape index (κ2) is 8.97. The van der Waals surface area contributed by atoms with Crippen LogP contribution < -0.4 is 15.5 Å². The molecular weight excluding hydrogens is 360 g/mol. The molecule has 2 amide bonds. The van der Waals surface area contributed by atoms with E-state index in [1.54, 1.807) is 13.0 Å². The van der Waals surface area contributed by atoms with E-state index in [1.807, 2.05) is 25.1 Å². The Morgan fingerprint density at radius 3 is 2.57 bits per heavy atom. The van der Waals surface area contributed by atoms with E-state index >= 15 is 0 Å². The number of esters is 1. The molecule has 1 fully saturated rings. The molecule has 0 aliphatic carbocycles. The third kappa shape index (κ3) is 4.39. The molecule has 0 aromatic heterocycles. The van der Waals surface area contributed by atoms with Crippen molar-refractivity contribution in [2.24, 2.45) is 0 Å². The van der Waals surface area contributed by atoms with Crippen molar-refractivity contribution in [3.63, 3.8) is 0 Å². The Balaban J connectivity index is 1.71. The summed E-state index contributed by atoms with van der Waals surface area (Å²) in [6, 6.07) is 6.68. The van der Waals surface area contributed by atoms with Crippen LogP contribution in [-0.2, 0) is 9.53 Å². The van der Waals surface area contributed by atoms with Crippen LogP contribution in [0.5, 0.6) is 5.75 Å². The molecule has 1 aromatic rings. The molecule has 3 rings (SSSR count). The van der Waals surface area contributed by atoms with Gasteiger partial charge in [-0.15, -0.1) is 0 Å². The topological polar surface area (TPSA) is 94.1 Å². The van der Waals surface area contributed by atoms with E-state index in [2.05, 4.69) is 20.4 Å². The number of hydrogen-bond acceptors (Lipinski definition) is 6. The number of urea groups is 1. The van der Waals surface area contributed by atoms with Gasteiger partial charge in [0.1, 0.15) is 5.75 Å². The quantitative estimate of drug-likeness (QED) is 0.638. The summed E-state index contributed by atoms with van der Waals surface area (Å²) in [5, 5.41) is 15.7. The van der Waals surface area contributed by atoms with Crippen LogP contribution in [0.15, 0.2) is 35.5 Å². The number of nitrogens with one attached hydrogen (secondary N) is 2. The van der Waals surface area contributed by atoms with Crippen molar-refractivity contribution in [2.75, 3.05) is 44.2 Å². The average Bonchev–Trinajstić information content (AvgIpc) is 2.68. The van der Waals surface area contributed by atoms with Gasteiger partial charge >= 0.3 is 12.0 Å². The number of benzene rings is 1. The monoisotopic (exact) mass is 388 g/mol. The maximum atomic E-state index is 12.5. The van der Waals surface area contributed by atoms with Gasteiger partial charge in [-0.25, -0.2) is 9.59 Å². The molecule has 0 bridgehead atoms. The first-order chi connectivity index (χ1) is 13.5. The highest BCUT2D eigenvalue weighted by Gasteiger charge is 2.32. The SMILES string of the molecule is CCOC(=O)C1=C(CN2CCN(c3ccccc3O)CC2)NC(=O)N[C@@H]1CC. The van der Waals surface area contributed by atoms with E-state index in [0.29, 0.717) is 30.8 Å². The summed E-state index contributed by atoms with van der Waals surface area (Å²) in [4.78, 5) is 28.8. The zero-order valence-corrected chi connectivity index (χ0v) is 16.4. The minimum Gasteiger partial charge on any atom is -0.506 e. The first kappa shape index (κ1) is 20.0. The van der Waals surface area contributed by atoms with Crippen LogP contribution in [0.3, 0.4) is 0 Å². The van der Waals surface area contributed by atoms with Crippen LogP contribution in [0.1, 0.15) is 20.3 Å². The van der Waals surface area contributed by atoms with Crippen LogP contribution in [0.2, 0.25) is 0 Å². The summed E-state index contributed by atoms with van der Waals surface area (Å²) in [5.41, 5.74) is 1.95. The highest BCUT2D eigenvalue weighted by Crippen LogP contribution is 2.27. The van der Waals surface area contributed by atoms with E-state index in [0.717, 1.165) is 31.9 Å². The summed E-state index contributed by atoms with van der Waals surface area (Å²) in [6.07, 6.45) is 0.617. The Hall–Kier alpha value is -2.74. The van der Waals surface area contributed by atoms with Gasteiger partial charge in [0, 0.05) is 38.4 Å². The third-order valence-corrected chi connectivity index (χ3v) is 5.12. The molecular formula is C20H28N4O4. The van der Waals surface area contributed by atoms with Crippen LogP contribution in [0.25, 0.3) is 0 Å². The van der Waals surface area contributed by atoms with Gasteiger partial charge in [0.05, 0.1) is 23.9 Å². The molecule has 0 radical (unpaired) electrons. The van der Waals surface area contributed by atoms with Crippen molar-refractivity contribution in [3.05, 3.63) is 35.5 Å². The summed E-state index contributed by atoms with van der Waals surface area (Å²) < 4.78 is 5.21. The lowest BCUT2D eigenvalue weighted by Gasteiger charge is -2.38. The van der Waals surface area contributed by atoms with Gasteiger partial charge in [0.25, 0.3) is 0 Å². The molecule has 152 valence electrons. The minimum atomic E-state index is -0.385. The van der Waals surface area contributed by atoms with Crippen molar-refractivity contribution in [1.82, 2.24) is 15.5 Å². The van der Waals surface area contributed by atoms with Crippen LogP contribution in [0, 0.1) is 0 Å². The summed E-state index contributed by atoms with van der Waals surface area (Å²) in [5.74, 6) is -0.107. The molecule has 1 atom stereocenters. The van der Waals surface area contributed by atoms with E-state index < -0.39 is 0 Å². The van der Waals surface area contributed by atoms with E-state index in [1.165, 1.54) is 0 Å². The number of para-hydroxylation sites is 2. The van der Waals surface area contributed by atoms with E-state index in [4.69, 9.17) is 4.74 Å². The zero-order chi connectivity index (χ0) is 20.1. The number of piperazine rings is 1. The van der Waals surface area contributed by atoms with Crippen LogP contribution in [-0.4, -0.2) is 67.4 Å². The van der Waals surface area contributed by atoms with Crippen molar-refractivity contribution < 1.29 is 19.4 Å². The van der Waals surface area contributed by atoms with Gasteiger partial charge in [-0.2, -0.15) is 0 Å². The predicted octanol–water partition coefficient (Wildman–Crippen LogP) is 1.42. The van der Waals surface area contributed by atoms with Crippen LogP contribution in [0.4, 0.5) is 10.5 Å². The molecule has 2 aliphatic rings. The average molecular weight is 388 g/mol. The van der Waals surface area contributed by atoms with Gasteiger partial charge in [0.15, 0.2) is 0 Å². The Morgan fingerprint density at radius 2 is 1.93 bits per heavy atom. The van der Waals surface area contributed by atoms with E-state index in [9.17, 15) is 14.7 Å². The maximum Gasteiger partial charge on any atom is 0.337 e. The highest BCUT2D eigenvalue weighted by atomic mass is 16.5. The van der Waals surface area contributed by atoms with Crippen molar-refractivity contribution in [1.29, 1.82) is 0 Å². The van der Waals surface area contributed by atoms with Gasteiger partial charge in [-0.3, -0.25) is 4.90 Å². The lowest BCUT2D eigenvalue weighted by atomic mass is 10.00. The van der Waals surface area contributed by atoms with Crippen molar-refractivity contribution in [2.45, 2.75) is 26.3 Å².